The molecule has 0 heterocycles. The van der Waals surface area contributed by atoms with Gasteiger partial charge in [-0.1, -0.05) is 20.8 Å². The van der Waals surface area contributed by atoms with Gasteiger partial charge in [-0.2, -0.15) is 0 Å². The van der Waals surface area contributed by atoms with E-state index in [-0.39, 0.29) is 18.0 Å². The fraction of sp³-hybridized carbons (Fsp3) is 0.571. The molecule has 4 nitrogen and oxygen atoms in total. The number of hydrogen-bond acceptors (Lipinski definition) is 3. The van der Waals surface area contributed by atoms with E-state index in [0.717, 1.165) is 6.07 Å². The molecule has 1 saturated carbocycles. The van der Waals surface area contributed by atoms with E-state index in [1.807, 2.05) is 20.8 Å². The quantitative estimate of drug-likeness (QED) is 0.845. The Hall–Kier alpha value is -1.05. The van der Waals surface area contributed by atoms with Crippen LogP contribution in [0.5, 0.6) is 0 Å². The van der Waals surface area contributed by atoms with Crippen LogP contribution in [0.3, 0.4) is 0 Å². The van der Waals surface area contributed by atoms with Crippen molar-refractivity contribution in [2.75, 3.05) is 6.54 Å². The molecule has 1 atom stereocenters. The minimum absolute atomic E-state index is 0.135. The first-order valence-corrected chi connectivity index (χ1v) is 8.36. The lowest BCUT2D eigenvalue weighted by molar-refractivity contribution is 0.479. The lowest BCUT2D eigenvalue weighted by Crippen LogP contribution is -2.29. The number of halogens is 2. The summed E-state index contributed by atoms with van der Waals surface area (Å²) in [5.74, 6) is -2.48. The van der Waals surface area contributed by atoms with Gasteiger partial charge in [-0.05, 0) is 36.1 Å². The van der Waals surface area contributed by atoms with Crippen molar-refractivity contribution in [3.8, 4) is 0 Å². The highest BCUT2D eigenvalue weighted by Crippen LogP contribution is 2.45. The van der Waals surface area contributed by atoms with Crippen molar-refractivity contribution in [3.05, 3.63) is 29.3 Å². The third-order valence-electron chi connectivity index (χ3n) is 3.73. The molecule has 0 saturated heterocycles. The van der Waals surface area contributed by atoms with E-state index in [4.69, 9.17) is 0 Å². The molecule has 0 radical (unpaired) electrons. The summed E-state index contributed by atoms with van der Waals surface area (Å²) in [6.45, 7) is 6.63. The van der Waals surface area contributed by atoms with Crippen molar-refractivity contribution in [1.29, 1.82) is 0 Å². The smallest absolute Gasteiger partial charge is 0.243 e. The first-order valence-electron chi connectivity index (χ1n) is 6.88. The number of sulfonamides is 1. The lowest BCUT2D eigenvalue weighted by atomic mass is 10.2. The van der Waals surface area contributed by atoms with Gasteiger partial charge in [0, 0.05) is 12.6 Å². The Morgan fingerprint density at radius 1 is 1.33 bits per heavy atom. The highest BCUT2D eigenvalue weighted by Gasteiger charge is 2.48. The maximum absolute atomic E-state index is 13.8. The van der Waals surface area contributed by atoms with Crippen LogP contribution in [0, 0.1) is 17.0 Å². The molecule has 1 fully saturated rings. The third-order valence-corrected chi connectivity index (χ3v) is 5.21. The van der Waals surface area contributed by atoms with Crippen molar-refractivity contribution in [3.63, 3.8) is 0 Å². The topological polar surface area (TPSA) is 58.2 Å². The van der Waals surface area contributed by atoms with Gasteiger partial charge in [0.1, 0.15) is 4.90 Å². The van der Waals surface area contributed by atoms with Crippen LogP contribution >= 0.6 is 0 Å². The molecule has 118 valence electrons. The van der Waals surface area contributed by atoms with Crippen LogP contribution in [0.4, 0.5) is 8.78 Å². The lowest BCUT2D eigenvalue weighted by Gasteiger charge is -2.11. The predicted octanol–water partition coefficient (Wildman–Crippen LogP) is 2.15. The van der Waals surface area contributed by atoms with Crippen molar-refractivity contribution in [2.24, 2.45) is 5.41 Å². The Labute approximate surface area is 124 Å². The molecule has 1 unspecified atom stereocenters. The zero-order chi connectivity index (χ0) is 15.8. The second kappa shape index (κ2) is 5.62. The Morgan fingerprint density at radius 2 is 1.95 bits per heavy atom. The summed E-state index contributed by atoms with van der Waals surface area (Å²) in [5, 5.41) is 2.95. The molecule has 1 aliphatic rings. The van der Waals surface area contributed by atoms with Crippen LogP contribution in [0.15, 0.2) is 17.0 Å². The zero-order valence-electron chi connectivity index (χ0n) is 12.3. The highest BCUT2D eigenvalue weighted by atomic mass is 32.2. The van der Waals surface area contributed by atoms with E-state index in [0.29, 0.717) is 18.5 Å². The maximum Gasteiger partial charge on any atom is 0.243 e. The molecule has 1 aromatic rings. The van der Waals surface area contributed by atoms with Gasteiger partial charge >= 0.3 is 0 Å². The van der Waals surface area contributed by atoms with Crippen LogP contribution in [0.2, 0.25) is 0 Å². The zero-order valence-corrected chi connectivity index (χ0v) is 13.2. The van der Waals surface area contributed by atoms with E-state index < -0.39 is 26.6 Å². The monoisotopic (exact) mass is 318 g/mol. The molecular weight excluding hydrogens is 298 g/mol. The summed E-state index contributed by atoms with van der Waals surface area (Å²) in [4.78, 5) is -0.627. The molecule has 2 N–H and O–H groups in total. The molecule has 21 heavy (non-hydrogen) atoms. The van der Waals surface area contributed by atoms with E-state index in [1.54, 1.807) is 0 Å². The van der Waals surface area contributed by atoms with Crippen molar-refractivity contribution >= 4 is 10.0 Å². The fourth-order valence-corrected chi connectivity index (χ4v) is 3.65. The minimum Gasteiger partial charge on any atom is -0.313 e. The average molecular weight is 318 g/mol. The Bertz CT molecular complexity index is 645. The van der Waals surface area contributed by atoms with Crippen molar-refractivity contribution < 1.29 is 17.2 Å². The second-order valence-electron chi connectivity index (χ2n) is 6.04. The van der Waals surface area contributed by atoms with Crippen LogP contribution in [-0.4, -0.2) is 21.0 Å². The van der Waals surface area contributed by atoms with Gasteiger partial charge in [-0.15, -0.1) is 0 Å². The summed E-state index contributed by atoms with van der Waals surface area (Å²) in [6, 6.07) is 1.96. The van der Waals surface area contributed by atoms with Crippen LogP contribution < -0.4 is 10.0 Å². The summed E-state index contributed by atoms with van der Waals surface area (Å²) < 4.78 is 54.4. The fourth-order valence-electron chi connectivity index (χ4n) is 2.10. The van der Waals surface area contributed by atoms with Gasteiger partial charge in [0.05, 0.1) is 0 Å². The van der Waals surface area contributed by atoms with Gasteiger partial charge in [0.15, 0.2) is 11.6 Å². The normalized spacial score (nSPS) is 20.5. The highest BCUT2D eigenvalue weighted by molar-refractivity contribution is 7.89. The number of benzene rings is 1. The molecular formula is C14H20F2N2O2S. The number of rotatable bonds is 6. The first kappa shape index (κ1) is 16.3. The molecule has 0 aliphatic heterocycles. The minimum atomic E-state index is -4.06. The van der Waals surface area contributed by atoms with Gasteiger partial charge in [0.2, 0.25) is 10.0 Å². The first-order chi connectivity index (χ1) is 9.67. The summed E-state index contributed by atoms with van der Waals surface area (Å²) in [5.41, 5.74) is 0.259. The standard InChI is InChI=1S/C14H20F2N2O2S/c1-4-17-8-9-5-10(15)13(16)11(6-9)21(19,20)18-12-7-14(12,2)3/h5-6,12,17-18H,4,7-8H2,1-3H3. The summed E-state index contributed by atoms with van der Waals surface area (Å²) in [6.07, 6.45) is 0.688. The second-order valence-corrected chi connectivity index (χ2v) is 7.72. The number of nitrogens with one attached hydrogen (secondary N) is 2. The Kier molecular flexibility index (Phi) is 4.37. The van der Waals surface area contributed by atoms with Gasteiger partial charge in [0.25, 0.3) is 0 Å². The summed E-state index contributed by atoms with van der Waals surface area (Å²) in [7, 11) is -4.06. The van der Waals surface area contributed by atoms with Gasteiger partial charge < -0.3 is 5.32 Å². The van der Waals surface area contributed by atoms with E-state index in [2.05, 4.69) is 10.0 Å². The van der Waals surface area contributed by atoms with E-state index >= 15 is 0 Å². The van der Waals surface area contributed by atoms with Crippen molar-refractivity contribution in [1.82, 2.24) is 10.0 Å². The molecule has 2 rings (SSSR count). The SMILES string of the molecule is CCNCc1cc(F)c(F)c(S(=O)(=O)NC2CC2(C)C)c1. The Balaban J connectivity index is 2.31. The van der Waals surface area contributed by atoms with Gasteiger partial charge in [-0.3, -0.25) is 0 Å². The third kappa shape index (κ3) is 3.59. The van der Waals surface area contributed by atoms with E-state index in [1.165, 1.54) is 6.07 Å². The maximum atomic E-state index is 13.8. The van der Waals surface area contributed by atoms with Crippen molar-refractivity contribution in [2.45, 2.75) is 44.7 Å². The molecule has 0 aromatic heterocycles. The average Bonchev–Trinajstić information content (AvgIpc) is 2.96. The van der Waals surface area contributed by atoms with Crippen LogP contribution in [0.25, 0.3) is 0 Å². The molecule has 1 aliphatic carbocycles. The summed E-state index contributed by atoms with van der Waals surface area (Å²) >= 11 is 0. The molecule has 0 amide bonds. The van der Waals surface area contributed by atoms with Gasteiger partial charge in [-0.25, -0.2) is 21.9 Å². The van der Waals surface area contributed by atoms with Crippen LogP contribution in [0.1, 0.15) is 32.8 Å². The largest absolute Gasteiger partial charge is 0.313 e. The number of hydrogen-bond donors (Lipinski definition) is 2. The Morgan fingerprint density at radius 3 is 2.48 bits per heavy atom. The predicted molar refractivity (Wildman–Crippen MR) is 76.2 cm³/mol. The molecule has 0 spiro atoms. The molecule has 1 aromatic carbocycles. The van der Waals surface area contributed by atoms with Crippen LogP contribution in [-0.2, 0) is 16.6 Å². The van der Waals surface area contributed by atoms with E-state index in [9.17, 15) is 17.2 Å². The molecule has 7 heteroatoms. The molecule has 0 bridgehead atoms.